The van der Waals surface area contributed by atoms with Gasteiger partial charge in [0.05, 0.1) is 23.9 Å². The first-order valence-corrected chi connectivity index (χ1v) is 10.5. The molecule has 1 aliphatic heterocycles. The molecule has 1 aliphatic rings. The van der Waals surface area contributed by atoms with Crippen molar-refractivity contribution in [3.8, 4) is 0 Å². The van der Waals surface area contributed by atoms with Crippen LogP contribution in [0.3, 0.4) is 0 Å². The summed E-state index contributed by atoms with van der Waals surface area (Å²) in [5.41, 5.74) is 3.69. The van der Waals surface area contributed by atoms with Crippen LogP contribution in [0.5, 0.6) is 0 Å². The molecule has 2 heterocycles. The number of hydrogen-bond donors (Lipinski definition) is 1. The van der Waals surface area contributed by atoms with Crippen molar-refractivity contribution in [2.75, 3.05) is 32.8 Å². The van der Waals surface area contributed by atoms with Crippen molar-refractivity contribution >= 4 is 17.3 Å². The lowest BCUT2D eigenvalue weighted by Gasteiger charge is -2.35. The molecular weight excluding hydrogens is 356 g/mol. The number of aryl methyl sites for hydroxylation is 3. The Bertz CT molecular complexity index is 786. The lowest BCUT2D eigenvalue weighted by molar-refractivity contribution is -0.00832. The largest absolute Gasteiger partial charge is 0.370 e. The van der Waals surface area contributed by atoms with Crippen LogP contribution in [-0.4, -0.2) is 48.6 Å². The zero-order valence-corrected chi connectivity index (χ0v) is 17.6. The summed E-state index contributed by atoms with van der Waals surface area (Å²) in [6, 6.07) is 8.48. The zero-order chi connectivity index (χ0) is 19.2. The van der Waals surface area contributed by atoms with E-state index in [1.165, 1.54) is 16.0 Å². The summed E-state index contributed by atoms with van der Waals surface area (Å²) < 4.78 is 6.06. The third kappa shape index (κ3) is 5.08. The van der Waals surface area contributed by atoms with Gasteiger partial charge in [-0.15, -0.1) is 11.3 Å². The summed E-state index contributed by atoms with van der Waals surface area (Å²) in [5.74, 6) is 0.985. The number of morpholine rings is 1. The molecule has 1 aromatic heterocycles. The van der Waals surface area contributed by atoms with Gasteiger partial charge in [-0.25, -0.2) is 4.98 Å². The smallest absolute Gasteiger partial charge is 0.194 e. The highest BCUT2D eigenvalue weighted by Gasteiger charge is 2.25. The van der Waals surface area contributed by atoms with Crippen LogP contribution in [0, 0.1) is 20.8 Å². The number of nitrogens with one attached hydrogen (secondary N) is 1. The molecule has 1 unspecified atom stereocenters. The molecule has 0 spiro atoms. The van der Waals surface area contributed by atoms with E-state index in [1.54, 1.807) is 11.3 Å². The Labute approximate surface area is 166 Å². The maximum atomic E-state index is 6.06. The van der Waals surface area contributed by atoms with Crippen molar-refractivity contribution in [3.05, 3.63) is 51.0 Å². The summed E-state index contributed by atoms with van der Waals surface area (Å²) in [4.78, 5) is 13.1. The Kier molecular flexibility index (Phi) is 6.85. The molecule has 0 saturated carbocycles. The van der Waals surface area contributed by atoms with E-state index >= 15 is 0 Å². The average molecular weight is 387 g/mol. The van der Waals surface area contributed by atoms with Crippen LogP contribution in [0.15, 0.2) is 29.3 Å². The van der Waals surface area contributed by atoms with Gasteiger partial charge in [0.1, 0.15) is 6.10 Å². The molecule has 0 amide bonds. The molecule has 5 nitrogen and oxygen atoms in total. The molecule has 1 saturated heterocycles. The quantitative estimate of drug-likeness (QED) is 0.629. The third-order valence-electron chi connectivity index (χ3n) is 4.84. The van der Waals surface area contributed by atoms with Crippen molar-refractivity contribution in [3.63, 3.8) is 0 Å². The predicted molar refractivity (Wildman–Crippen MR) is 113 cm³/mol. The standard InChI is InChI=1S/C21H30N4OS/c1-5-22-21(23-11-10-20-16(3)24-17(4)27-20)25-12-13-26-19(14-25)18-9-7-6-8-15(18)2/h6-9,19H,5,10-14H2,1-4H3,(H,22,23). The molecule has 146 valence electrons. The van der Waals surface area contributed by atoms with E-state index in [4.69, 9.17) is 9.73 Å². The molecule has 27 heavy (non-hydrogen) atoms. The maximum absolute atomic E-state index is 6.06. The number of ether oxygens (including phenoxy) is 1. The molecule has 2 aromatic rings. The molecule has 1 atom stereocenters. The van der Waals surface area contributed by atoms with E-state index < -0.39 is 0 Å². The molecule has 1 aromatic carbocycles. The fourth-order valence-corrected chi connectivity index (χ4v) is 4.40. The average Bonchev–Trinajstić information content (AvgIpc) is 2.99. The highest BCUT2D eigenvalue weighted by molar-refractivity contribution is 7.11. The molecule has 0 radical (unpaired) electrons. The number of thiazole rings is 1. The van der Waals surface area contributed by atoms with E-state index in [0.717, 1.165) is 55.9 Å². The van der Waals surface area contributed by atoms with Gasteiger partial charge in [0.25, 0.3) is 0 Å². The maximum Gasteiger partial charge on any atom is 0.194 e. The van der Waals surface area contributed by atoms with Crippen LogP contribution < -0.4 is 5.32 Å². The molecule has 1 fully saturated rings. The highest BCUT2D eigenvalue weighted by atomic mass is 32.1. The van der Waals surface area contributed by atoms with E-state index in [-0.39, 0.29) is 6.10 Å². The second-order valence-electron chi connectivity index (χ2n) is 6.89. The van der Waals surface area contributed by atoms with Gasteiger partial charge in [0.15, 0.2) is 5.96 Å². The van der Waals surface area contributed by atoms with Gasteiger partial charge >= 0.3 is 0 Å². The minimum absolute atomic E-state index is 0.0928. The number of nitrogens with zero attached hydrogens (tertiary/aromatic N) is 3. The number of guanidine groups is 1. The fraction of sp³-hybridized carbons (Fsp3) is 0.524. The van der Waals surface area contributed by atoms with E-state index in [2.05, 4.69) is 67.2 Å². The summed E-state index contributed by atoms with van der Waals surface area (Å²) in [6.07, 6.45) is 1.04. The van der Waals surface area contributed by atoms with Gasteiger partial charge in [-0.05, 0) is 38.8 Å². The SMILES string of the molecule is CCNC(=NCCc1sc(C)nc1C)N1CCOC(c2ccccc2C)C1. The monoisotopic (exact) mass is 386 g/mol. The Balaban J connectivity index is 1.68. The third-order valence-corrected chi connectivity index (χ3v) is 5.97. The van der Waals surface area contributed by atoms with Gasteiger partial charge in [0.2, 0.25) is 0 Å². The number of aliphatic imine (C=N–C) groups is 1. The second-order valence-corrected chi connectivity index (χ2v) is 8.18. The lowest BCUT2D eigenvalue weighted by Crippen LogP contribution is -2.48. The van der Waals surface area contributed by atoms with Crippen LogP contribution >= 0.6 is 11.3 Å². The van der Waals surface area contributed by atoms with E-state index in [1.807, 2.05) is 0 Å². The first kappa shape index (κ1) is 19.8. The molecule has 6 heteroatoms. The van der Waals surface area contributed by atoms with Crippen molar-refractivity contribution in [1.82, 2.24) is 15.2 Å². The molecule has 0 bridgehead atoms. The molecule has 0 aliphatic carbocycles. The second kappa shape index (κ2) is 9.33. The number of aromatic nitrogens is 1. The van der Waals surface area contributed by atoms with Crippen LogP contribution in [0.25, 0.3) is 0 Å². The highest BCUT2D eigenvalue weighted by Crippen LogP contribution is 2.25. The van der Waals surface area contributed by atoms with Gasteiger partial charge in [-0.2, -0.15) is 0 Å². The zero-order valence-electron chi connectivity index (χ0n) is 16.8. The van der Waals surface area contributed by atoms with Crippen molar-refractivity contribution in [1.29, 1.82) is 0 Å². The van der Waals surface area contributed by atoms with Gasteiger partial charge in [-0.3, -0.25) is 4.99 Å². The van der Waals surface area contributed by atoms with Gasteiger partial charge in [0, 0.05) is 30.9 Å². The summed E-state index contributed by atoms with van der Waals surface area (Å²) in [6.45, 7) is 12.5. The number of benzene rings is 1. The van der Waals surface area contributed by atoms with Gasteiger partial charge in [-0.1, -0.05) is 24.3 Å². The predicted octanol–water partition coefficient (Wildman–Crippen LogP) is 3.65. The molecular formula is C21H30N4OS. The topological polar surface area (TPSA) is 49.8 Å². The van der Waals surface area contributed by atoms with Crippen LogP contribution in [0.4, 0.5) is 0 Å². The normalized spacial score (nSPS) is 18.0. The van der Waals surface area contributed by atoms with Crippen LogP contribution in [-0.2, 0) is 11.2 Å². The Hall–Kier alpha value is -1.92. The number of hydrogen-bond acceptors (Lipinski definition) is 4. The molecule has 3 rings (SSSR count). The summed E-state index contributed by atoms with van der Waals surface area (Å²) in [7, 11) is 0. The summed E-state index contributed by atoms with van der Waals surface area (Å²) in [5, 5.41) is 4.59. The minimum Gasteiger partial charge on any atom is -0.370 e. The number of rotatable bonds is 5. The Morgan fingerprint density at radius 1 is 1.33 bits per heavy atom. The Morgan fingerprint density at radius 3 is 2.85 bits per heavy atom. The Morgan fingerprint density at radius 2 is 2.15 bits per heavy atom. The first-order chi connectivity index (χ1) is 13.1. The fourth-order valence-electron chi connectivity index (χ4n) is 3.47. The minimum atomic E-state index is 0.0928. The van der Waals surface area contributed by atoms with Crippen molar-refractivity contribution in [2.24, 2.45) is 4.99 Å². The lowest BCUT2D eigenvalue weighted by atomic mass is 10.0. The van der Waals surface area contributed by atoms with Gasteiger partial charge < -0.3 is 15.0 Å². The van der Waals surface area contributed by atoms with Crippen molar-refractivity contribution in [2.45, 2.75) is 40.2 Å². The van der Waals surface area contributed by atoms with Crippen molar-refractivity contribution < 1.29 is 4.74 Å². The first-order valence-electron chi connectivity index (χ1n) is 9.71. The van der Waals surface area contributed by atoms with E-state index in [9.17, 15) is 0 Å². The summed E-state index contributed by atoms with van der Waals surface area (Å²) >= 11 is 1.78. The van der Waals surface area contributed by atoms with Crippen LogP contribution in [0.2, 0.25) is 0 Å². The van der Waals surface area contributed by atoms with E-state index in [0.29, 0.717) is 0 Å². The molecule has 1 N–H and O–H groups in total. The van der Waals surface area contributed by atoms with Crippen LogP contribution in [0.1, 0.15) is 39.7 Å².